The summed E-state index contributed by atoms with van der Waals surface area (Å²) in [5.41, 5.74) is 4.57. The van der Waals surface area contributed by atoms with Gasteiger partial charge in [-0.2, -0.15) is 0 Å². The van der Waals surface area contributed by atoms with E-state index < -0.39 is 0 Å². The molecule has 3 nitrogen and oxygen atoms in total. The van der Waals surface area contributed by atoms with Crippen molar-refractivity contribution in [3.05, 3.63) is 58.9 Å². The first kappa shape index (κ1) is 15.6. The van der Waals surface area contributed by atoms with Crippen LogP contribution >= 0.6 is 0 Å². The molecular weight excluding hydrogens is 296 g/mol. The van der Waals surface area contributed by atoms with E-state index in [2.05, 4.69) is 41.1 Å². The number of carbonyl (C=O) groups excluding carboxylic acids is 1. The molecule has 1 aliphatic heterocycles. The summed E-state index contributed by atoms with van der Waals surface area (Å²) in [5.74, 6) is 0.356. The second kappa shape index (κ2) is 6.21. The predicted molar refractivity (Wildman–Crippen MR) is 96.5 cm³/mol. The van der Waals surface area contributed by atoms with E-state index in [1.807, 2.05) is 12.3 Å². The topological polar surface area (TPSA) is 36.1 Å². The summed E-state index contributed by atoms with van der Waals surface area (Å²) >= 11 is 0. The van der Waals surface area contributed by atoms with Gasteiger partial charge in [-0.15, -0.1) is 0 Å². The van der Waals surface area contributed by atoms with Crippen LogP contribution in [0.1, 0.15) is 52.9 Å². The number of rotatable bonds is 3. The first-order valence-electron chi connectivity index (χ1n) is 9.21. The van der Waals surface area contributed by atoms with Gasteiger partial charge in [-0.3, -0.25) is 9.69 Å². The summed E-state index contributed by atoms with van der Waals surface area (Å²) in [7, 11) is 0. The molecule has 1 aromatic carbocycles. The van der Waals surface area contributed by atoms with Crippen molar-refractivity contribution in [2.45, 2.75) is 51.0 Å². The lowest BCUT2D eigenvalue weighted by Gasteiger charge is -2.48. The second-order valence-corrected chi connectivity index (χ2v) is 7.35. The Morgan fingerprint density at radius 3 is 2.92 bits per heavy atom. The van der Waals surface area contributed by atoms with Crippen LogP contribution in [0.15, 0.2) is 36.5 Å². The minimum Gasteiger partial charge on any atom is -0.364 e. The summed E-state index contributed by atoms with van der Waals surface area (Å²) < 4.78 is 0. The molecule has 1 fully saturated rings. The number of hydrogen-bond donors (Lipinski definition) is 1. The standard InChI is InChI=1S/C21H26N2O/c1-16-6-2-3-7-17(16)10-15-23-14-5-4-11-21(23)12-8-19-18(20(21)24)9-13-22-19/h2-3,6-7,9,13,22H,4-5,8,10-12,14-15H2,1H3. The zero-order valence-corrected chi connectivity index (χ0v) is 14.5. The van der Waals surface area contributed by atoms with Crippen molar-refractivity contribution in [3.63, 3.8) is 0 Å². The van der Waals surface area contributed by atoms with Crippen molar-refractivity contribution in [2.24, 2.45) is 0 Å². The highest BCUT2D eigenvalue weighted by molar-refractivity contribution is 6.05. The van der Waals surface area contributed by atoms with Crippen LogP contribution in [0, 0.1) is 6.92 Å². The molecular formula is C21H26N2O. The van der Waals surface area contributed by atoms with E-state index in [9.17, 15) is 4.79 Å². The van der Waals surface area contributed by atoms with E-state index in [1.54, 1.807) is 0 Å². The third-order valence-corrected chi connectivity index (χ3v) is 6.07. The maximum Gasteiger partial charge on any atom is 0.184 e. The van der Waals surface area contributed by atoms with Crippen LogP contribution in [0.2, 0.25) is 0 Å². The minimum absolute atomic E-state index is 0.254. The maximum atomic E-state index is 13.3. The van der Waals surface area contributed by atoms with Crippen molar-refractivity contribution in [3.8, 4) is 0 Å². The lowest BCUT2D eigenvalue weighted by Crippen LogP contribution is -2.59. The van der Waals surface area contributed by atoms with Gasteiger partial charge in [0.05, 0.1) is 5.54 Å². The van der Waals surface area contributed by atoms with E-state index in [4.69, 9.17) is 0 Å². The van der Waals surface area contributed by atoms with Crippen molar-refractivity contribution in [1.82, 2.24) is 9.88 Å². The number of aryl methyl sites for hydroxylation is 2. The molecule has 126 valence electrons. The van der Waals surface area contributed by atoms with E-state index >= 15 is 0 Å². The van der Waals surface area contributed by atoms with E-state index in [0.717, 1.165) is 50.0 Å². The van der Waals surface area contributed by atoms with Crippen molar-refractivity contribution >= 4 is 5.78 Å². The van der Waals surface area contributed by atoms with Crippen LogP contribution in [-0.2, 0) is 12.8 Å². The highest BCUT2D eigenvalue weighted by Gasteiger charge is 2.48. The molecule has 24 heavy (non-hydrogen) atoms. The minimum atomic E-state index is -0.254. The number of aromatic amines is 1. The first-order chi connectivity index (χ1) is 11.7. The number of nitrogens with one attached hydrogen (secondary N) is 1. The summed E-state index contributed by atoms with van der Waals surface area (Å²) in [6.45, 7) is 4.22. The maximum absolute atomic E-state index is 13.3. The number of aromatic nitrogens is 1. The molecule has 3 heteroatoms. The van der Waals surface area contributed by atoms with Gasteiger partial charge in [0, 0.05) is 24.0 Å². The Balaban J connectivity index is 1.58. The smallest absolute Gasteiger partial charge is 0.184 e. The zero-order chi connectivity index (χ0) is 16.6. The van der Waals surface area contributed by atoms with Crippen LogP contribution in [-0.4, -0.2) is 34.3 Å². The summed E-state index contributed by atoms with van der Waals surface area (Å²) in [6, 6.07) is 10.6. The third-order valence-electron chi connectivity index (χ3n) is 6.07. The Morgan fingerprint density at radius 1 is 1.17 bits per heavy atom. The molecule has 0 bridgehead atoms. The molecule has 1 spiro atoms. The van der Waals surface area contributed by atoms with Crippen LogP contribution < -0.4 is 0 Å². The van der Waals surface area contributed by atoms with Gasteiger partial charge in [0.25, 0.3) is 0 Å². The number of Topliss-reactive ketones (excluding diaryl/α,β-unsaturated/α-hetero) is 1. The van der Waals surface area contributed by atoms with Gasteiger partial charge in [0.2, 0.25) is 0 Å². The van der Waals surface area contributed by atoms with Crippen LogP contribution in [0.25, 0.3) is 0 Å². The number of ketones is 1. The first-order valence-corrected chi connectivity index (χ1v) is 9.21. The molecule has 0 saturated carbocycles. The molecule has 1 N–H and O–H groups in total. The quantitative estimate of drug-likeness (QED) is 0.930. The van der Waals surface area contributed by atoms with E-state index in [-0.39, 0.29) is 5.54 Å². The van der Waals surface area contributed by atoms with Crippen LogP contribution in [0.5, 0.6) is 0 Å². The molecule has 1 saturated heterocycles. The predicted octanol–water partition coefficient (Wildman–Crippen LogP) is 3.92. The van der Waals surface area contributed by atoms with Gasteiger partial charge in [-0.25, -0.2) is 0 Å². The zero-order valence-electron chi connectivity index (χ0n) is 14.5. The molecule has 2 heterocycles. The Bertz CT molecular complexity index is 748. The van der Waals surface area contributed by atoms with Gasteiger partial charge >= 0.3 is 0 Å². The highest BCUT2D eigenvalue weighted by atomic mass is 16.1. The summed E-state index contributed by atoms with van der Waals surface area (Å²) in [6.07, 6.45) is 8.31. The number of fused-ring (bicyclic) bond motifs is 1. The molecule has 2 aliphatic rings. The van der Waals surface area contributed by atoms with Gasteiger partial charge < -0.3 is 4.98 Å². The van der Waals surface area contributed by atoms with Gasteiger partial charge in [-0.05, 0) is 69.2 Å². The number of piperidine rings is 1. The average Bonchev–Trinajstić information content (AvgIpc) is 3.08. The van der Waals surface area contributed by atoms with Crippen LogP contribution in [0.3, 0.4) is 0 Å². The Morgan fingerprint density at radius 2 is 2.04 bits per heavy atom. The summed E-state index contributed by atoms with van der Waals surface area (Å²) in [5, 5.41) is 0. The fourth-order valence-electron chi connectivity index (χ4n) is 4.62. The normalized spacial score (nSPS) is 24.3. The van der Waals surface area contributed by atoms with Crippen LogP contribution in [0.4, 0.5) is 0 Å². The van der Waals surface area contributed by atoms with Crippen molar-refractivity contribution < 1.29 is 4.79 Å². The molecule has 1 aromatic heterocycles. The number of nitrogens with zero attached hydrogens (tertiary/aromatic N) is 1. The number of carbonyl (C=O) groups is 1. The molecule has 2 aromatic rings. The lowest BCUT2D eigenvalue weighted by molar-refractivity contribution is 0.0297. The molecule has 1 unspecified atom stereocenters. The monoisotopic (exact) mass is 322 g/mol. The number of benzene rings is 1. The average molecular weight is 322 g/mol. The van der Waals surface area contributed by atoms with Crippen molar-refractivity contribution in [1.29, 1.82) is 0 Å². The molecule has 1 atom stereocenters. The fraction of sp³-hybridized carbons (Fsp3) is 0.476. The largest absolute Gasteiger partial charge is 0.364 e. The summed E-state index contributed by atoms with van der Waals surface area (Å²) in [4.78, 5) is 19.0. The molecule has 1 aliphatic carbocycles. The highest BCUT2D eigenvalue weighted by Crippen LogP contribution is 2.39. The van der Waals surface area contributed by atoms with E-state index in [1.165, 1.54) is 24.0 Å². The van der Waals surface area contributed by atoms with Gasteiger partial charge in [0.1, 0.15) is 0 Å². The Labute approximate surface area is 144 Å². The van der Waals surface area contributed by atoms with Crippen molar-refractivity contribution in [2.75, 3.05) is 13.1 Å². The number of H-pyrrole nitrogens is 1. The third kappa shape index (κ3) is 2.51. The lowest BCUT2D eigenvalue weighted by atomic mass is 9.73. The number of likely N-dealkylation sites (tertiary alicyclic amines) is 1. The van der Waals surface area contributed by atoms with E-state index in [0.29, 0.717) is 5.78 Å². The van der Waals surface area contributed by atoms with Gasteiger partial charge in [-0.1, -0.05) is 24.3 Å². The SMILES string of the molecule is Cc1ccccc1CCN1CCCCC12CCc1[nH]ccc1C2=O. The second-order valence-electron chi connectivity index (χ2n) is 7.35. The molecule has 0 radical (unpaired) electrons. The fourth-order valence-corrected chi connectivity index (χ4v) is 4.62. The number of hydrogen-bond acceptors (Lipinski definition) is 2. The molecule has 4 rings (SSSR count). The molecule has 0 amide bonds. The Hall–Kier alpha value is -1.87. The van der Waals surface area contributed by atoms with Gasteiger partial charge in [0.15, 0.2) is 5.78 Å². The Kier molecular flexibility index (Phi) is 4.05.